The van der Waals surface area contributed by atoms with Gasteiger partial charge in [-0.1, -0.05) is 72.8 Å². The van der Waals surface area contributed by atoms with Gasteiger partial charge in [-0.3, -0.25) is 13.9 Å². The number of hydrogen-bond acceptors (Lipinski definition) is 4. The molecule has 0 heterocycles. The Labute approximate surface area is 226 Å². The fraction of sp³-hybridized carbons (Fsp3) is 0.333. The Morgan fingerprint density at radius 2 is 1.42 bits per heavy atom. The van der Waals surface area contributed by atoms with Gasteiger partial charge in [0.05, 0.1) is 11.9 Å². The maximum absolute atomic E-state index is 14.0. The Balaban J connectivity index is 2.06. The normalized spacial score (nSPS) is 12.2. The second-order valence-electron chi connectivity index (χ2n) is 9.86. The molecule has 0 saturated heterocycles. The number of aryl methyl sites for hydroxylation is 1. The summed E-state index contributed by atoms with van der Waals surface area (Å²) < 4.78 is 27.0. The molecular weight excluding hydrogens is 498 g/mol. The molecule has 8 heteroatoms. The third kappa shape index (κ3) is 7.68. The average Bonchev–Trinajstić information content (AvgIpc) is 2.86. The summed E-state index contributed by atoms with van der Waals surface area (Å²) in [5.41, 5.74) is 3.89. The van der Waals surface area contributed by atoms with Gasteiger partial charge >= 0.3 is 0 Å². The van der Waals surface area contributed by atoms with E-state index in [1.165, 1.54) is 4.90 Å². The minimum atomic E-state index is -3.80. The number of hydrogen-bond donors (Lipinski definition) is 1. The van der Waals surface area contributed by atoms with E-state index in [9.17, 15) is 18.0 Å². The lowest BCUT2D eigenvalue weighted by atomic mass is 10.0. The molecule has 0 aliphatic carbocycles. The number of anilines is 1. The van der Waals surface area contributed by atoms with Crippen molar-refractivity contribution in [2.75, 3.05) is 17.1 Å². The fourth-order valence-electron chi connectivity index (χ4n) is 4.32. The quantitative estimate of drug-likeness (QED) is 0.398. The molecule has 1 N–H and O–H groups in total. The van der Waals surface area contributed by atoms with Crippen LogP contribution in [0.4, 0.5) is 5.69 Å². The van der Waals surface area contributed by atoms with Crippen LogP contribution >= 0.6 is 0 Å². The van der Waals surface area contributed by atoms with E-state index in [-0.39, 0.29) is 18.5 Å². The average molecular weight is 536 g/mol. The smallest absolute Gasteiger partial charge is 0.244 e. The van der Waals surface area contributed by atoms with Crippen molar-refractivity contribution in [1.29, 1.82) is 0 Å². The summed E-state index contributed by atoms with van der Waals surface area (Å²) in [7, 11) is -3.80. The molecule has 202 valence electrons. The molecule has 0 aliphatic rings. The van der Waals surface area contributed by atoms with Crippen LogP contribution < -0.4 is 9.62 Å². The van der Waals surface area contributed by atoms with Crippen molar-refractivity contribution in [2.45, 2.75) is 52.7 Å². The SMILES string of the molecule is Cc1cccc(N(CC(=O)N(Cc2ccccc2)C(Cc2ccccc2)C(=O)NC(C)C)S(C)(=O)=O)c1C. The lowest BCUT2D eigenvalue weighted by Gasteiger charge is -2.34. The molecule has 3 rings (SSSR count). The first-order valence-corrected chi connectivity index (χ1v) is 14.5. The molecule has 0 aliphatic heterocycles. The maximum atomic E-state index is 14.0. The number of benzene rings is 3. The molecule has 3 aromatic rings. The van der Waals surface area contributed by atoms with Crippen LogP contribution in [-0.2, 0) is 32.6 Å². The van der Waals surface area contributed by atoms with E-state index >= 15 is 0 Å². The first-order chi connectivity index (χ1) is 18.0. The number of nitrogens with zero attached hydrogens (tertiary/aromatic N) is 2. The topological polar surface area (TPSA) is 86.8 Å². The second-order valence-corrected chi connectivity index (χ2v) is 11.8. The van der Waals surface area contributed by atoms with Crippen molar-refractivity contribution in [3.8, 4) is 0 Å². The minimum Gasteiger partial charge on any atom is -0.352 e. The molecule has 2 amide bonds. The molecule has 0 saturated carbocycles. The Morgan fingerprint density at radius 1 is 0.842 bits per heavy atom. The first-order valence-electron chi connectivity index (χ1n) is 12.7. The molecule has 38 heavy (non-hydrogen) atoms. The molecule has 3 aromatic carbocycles. The zero-order valence-electron chi connectivity index (χ0n) is 22.7. The highest BCUT2D eigenvalue weighted by molar-refractivity contribution is 7.92. The Kier molecular flexibility index (Phi) is 9.69. The lowest BCUT2D eigenvalue weighted by Crippen LogP contribution is -2.54. The molecule has 0 radical (unpaired) electrons. The number of carbonyl (C=O) groups excluding carboxylic acids is 2. The fourth-order valence-corrected chi connectivity index (χ4v) is 5.22. The predicted octanol–water partition coefficient (Wildman–Crippen LogP) is 4.23. The van der Waals surface area contributed by atoms with Crippen molar-refractivity contribution in [3.63, 3.8) is 0 Å². The third-order valence-corrected chi connectivity index (χ3v) is 7.55. The van der Waals surface area contributed by atoms with E-state index in [4.69, 9.17) is 0 Å². The predicted molar refractivity (Wildman–Crippen MR) is 152 cm³/mol. The van der Waals surface area contributed by atoms with Crippen molar-refractivity contribution >= 4 is 27.5 Å². The van der Waals surface area contributed by atoms with E-state index in [1.807, 2.05) is 94.4 Å². The number of nitrogens with one attached hydrogen (secondary N) is 1. The summed E-state index contributed by atoms with van der Waals surface area (Å²) in [6, 6.07) is 23.3. The van der Waals surface area contributed by atoms with Crippen LogP contribution in [-0.4, -0.2) is 50.0 Å². The van der Waals surface area contributed by atoms with Gasteiger partial charge in [0.15, 0.2) is 0 Å². The van der Waals surface area contributed by atoms with Gasteiger partial charge in [0.25, 0.3) is 0 Å². The molecule has 1 unspecified atom stereocenters. The van der Waals surface area contributed by atoms with Gasteiger partial charge in [-0.2, -0.15) is 0 Å². The Morgan fingerprint density at radius 3 is 1.97 bits per heavy atom. The lowest BCUT2D eigenvalue weighted by molar-refractivity contribution is -0.140. The molecule has 7 nitrogen and oxygen atoms in total. The Hall–Kier alpha value is -3.65. The van der Waals surface area contributed by atoms with E-state index < -0.39 is 28.5 Å². The van der Waals surface area contributed by atoms with Crippen molar-refractivity contribution in [1.82, 2.24) is 10.2 Å². The summed E-state index contributed by atoms with van der Waals surface area (Å²) >= 11 is 0. The molecule has 0 aromatic heterocycles. The number of sulfonamides is 1. The molecule has 0 fully saturated rings. The summed E-state index contributed by atoms with van der Waals surface area (Å²) in [5.74, 6) is -0.745. The van der Waals surface area contributed by atoms with E-state index in [1.54, 1.807) is 12.1 Å². The largest absolute Gasteiger partial charge is 0.352 e. The van der Waals surface area contributed by atoms with Crippen LogP contribution in [0.1, 0.15) is 36.1 Å². The van der Waals surface area contributed by atoms with E-state index in [0.717, 1.165) is 32.8 Å². The number of rotatable bonds is 11. The zero-order valence-corrected chi connectivity index (χ0v) is 23.5. The van der Waals surface area contributed by atoms with Gasteiger partial charge in [-0.25, -0.2) is 8.42 Å². The van der Waals surface area contributed by atoms with Crippen molar-refractivity contribution < 1.29 is 18.0 Å². The molecular formula is C30H37N3O4S. The second kappa shape index (κ2) is 12.7. The first kappa shape index (κ1) is 28.9. The number of amides is 2. The Bertz CT molecular complexity index is 1340. The van der Waals surface area contributed by atoms with Gasteiger partial charge in [-0.15, -0.1) is 0 Å². The number of carbonyl (C=O) groups is 2. The van der Waals surface area contributed by atoms with Crippen LogP contribution in [0.25, 0.3) is 0 Å². The van der Waals surface area contributed by atoms with Crippen LogP contribution in [0.3, 0.4) is 0 Å². The van der Waals surface area contributed by atoms with Crippen molar-refractivity contribution in [3.05, 3.63) is 101 Å². The summed E-state index contributed by atoms with van der Waals surface area (Å²) in [6.07, 6.45) is 1.39. The van der Waals surface area contributed by atoms with Gasteiger partial charge in [0, 0.05) is 19.0 Å². The highest BCUT2D eigenvalue weighted by Crippen LogP contribution is 2.26. The van der Waals surface area contributed by atoms with Gasteiger partial charge in [0.2, 0.25) is 21.8 Å². The van der Waals surface area contributed by atoms with Crippen LogP contribution in [0.15, 0.2) is 78.9 Å². The molecule has 1 atom stereocenters. The van der Waals surface area contributed by atoms with Crippen molar-refractivity contribution in [2.24, 2.45) is 0 Å². The standard InChI is InChI=1S/C30H37N3O4S/c1-22(2)31-30(35)28(19-25-14-8-6-9-15-25)32(20-26-16-10-7-11-17-26)29(34)21-33(38(5,36)37)27-18-12-13-23(3)24(27)4/h6-18,22,28H,19-21H2,1-5H3,(H,31,35). The highest BCUT2D eigenvalue weighted by Gasteiger charge is 2.33. The highest BCUT2D eigenvalue weighted by atomic mass is 32.2. The maximum Gasteiger partial charge on any atom is 0.244 e. The summed E-state index contributed by atoms with van der Waals surface area (Å²) in [4.78, 5) is 29.0. The summed E-state index contributed by atoms with van der Waals surface area (Å²) in [6.45, 7) is 7.21. The van der Waals surface area contributed by atoms with Crippen LogP contribution in [0.5, 0.6) is 0 Å². The zero-order chi connectivity index (χ0) is 27.9. The summed E-state index contributed by atoms with van der Waals surface area (Å²) in [5, 5.41) is 2.95. The van der Waals surface area contributed by atoms with Gasteiger partial charge in [-0.05, 0) is 56.0 Å². The van der Waals surface area contributed by atoms with Gasteiger partial charge in [0.1, 0.15) is 12.6 Å². The van der Waals surface area contributed by atoms with Crippen LogP contribution in [0.2, 0.25) is 0 Å². The molecule has 0 bridgehead atoms. The van der Waals surface area contributed by atoms with E-state index in [2.05, 4.69) is 5.32 Å². The third-order valence-electron chi connectivity index (χ3n) is 6.42. The molecule has 0 spiro atoms. The van der Waals surface area contributed by atoms with E-state index in [0.29, 0.717) is 12.1 Å². The van der Waals surface area contributed by atoms with Gasteiger partial charge < -0.3 is 10.2 Å². The van der Waals surface area contributed by atoms with Crippen LogP contribution in [0, 0.1) is 13.8 Å². The monoisotopic (exact) mass is 535 g/mol. The minimum absolute atomic E-state index is 0.128.